The fourth-order valence-electron chi connectivity index (χ4n) is 7.07. The molecular weight excluding hydrogens is 364 g/mol. The van der Waals surface area contributed by atoms with E-state index in [-0.39, 0.29) is 5.92 Å². The molecule has 3 aliphatic rings. The number of hydrogen-bond acceptors (Lipinski definition) is 1. The van der Waals surface area contributed by atoms with Gasteiger partial charge in [0.1, 0.15) is 23.3 Å². The summed E-state index contributed by atoms with van der Waals surface area (Å²) >= 11 is 0. The molecule has 0 aromatic heterocycles. The second kappa shape index (κ2) is 9.15. The maximum atomic E-state index is 14.1. The predicted octanol–water partition coefficient (Wildman–Crippen LogP) is 7.74. The lowest BCUT2D eigenvalue weighted by Gasteiger charge is -2.51. The molecule has 3 fully saturated rings. The van der Waals surface area contributed by atoms with E-state index in [0.717, 1.165) is 42.1 Å². The highest BCUT2D eigenvalue weighted by Crippen LogP contribution is 2.55. The molecule has 0 heterocycles. The molecule has 0 spiro atoms. The molecule has 1 unspecified atom stereocenters. The summed E-state index contributed by atoms with van der Waals surface area (Å²) in [5.74, 6) is 3.17. The Morgan fingerprint density at radius 2 is 1.55 bits per heavy atom. The normalized spacial score (nSPS) is 34.1. The second-order valence-corrected chi connectivity index (χ2v) is 10.1. The van der Waals surface area contributed by atoms with E-state index in [9.17, 15) is 8.78 Å². The Labute approximate surface area is 174 Å². The van der Waals surface area contributed by atoms with Crippen molar-refractivity contribution in [3.05, 3.63) is 34.9 Å². The van der Waals surface area contributed by atoms with Crippen molar-refractivity contribution in [1.82, 2.24) is 0 Å². The van der Waals surface area contributed by atoms with Crippen molar-refractivity contribution in [1.29, 1.82) is 5.26 Å². The van der Waals surface area contributed by atoms with Gasteiger partial charge >= 0.3 is 0 Å². The van der Waals surface area contributed by atoms with Crippen molar-refractivity contribution < 1.29 is 8.78 Å². The zero-order valence-electron chi connectivity index (χ0n) is 17.8. The molecule has 1 aromatic carbocycles. The van der Waals surface area contributed by atoms with Gasteiger partial charge in [-0.25, -0.2) is 8.78 Å². The summed E-state index contributed by atoms with van der Waals surface area (Å²) in [6.45, 7) is 2.29. The molecule has 1 nitrogen and oxygen atoms in total. The summed E-state index contributed by atoms with van der Waals surface area (Å²) in [4.78, 5) is 0. The number of benzene rings is 1. The smallest absolute Gasteiger partial charge is 0.144 e. The van der Waals surface area contributed by atoms with Gasteiger partial charge in [0.25, 0.3) is 0 Å². The van der Waals surface area contributed by atoms with Gasteiger partial charge in [0.05, 0.1) is 0 Å². The molecular formula is C26H35F2N. The Hall–Kier alpha value is -1.43. The lowest BCUT2D eigenvalue weighted by Crippen LogP contribution is -2.41. The van der Waals surface area contributed by atoms with Gasteiger partial charge in [-0.2, -0.15) is 5.26 Å². The van der Waals surface area contributed by atoms with Crippen LogP contribution < -0.4 is 0 Å². The van der Waals surface area contributed by atoms with Crippen LogP contribution in [-0.4, -0.2) is 0 Å². The molecule has 1 aromatic rings. The van der Waals surface area contributed by atoms with Gasteiger partial charge in [0.15, 0.2) is 0 Å². The summed E-state index contributed by atoms with van der Waals surface area (Å²) < 4.78 is 28.2. The van der Waals surface area contributed by atoms with Crippen LogP contribution in [0.25, 0.3) is 0 Å². The number of unbranched alkanes of at least 4 members (excludes halogenated alkanes) is 2. The predicted molar refractivity (Wildman–Crippen MR) is 112 cm³/mol. The SMILES string of the molecule is CCCCC[C@@H]1CC[C@H]2[C@@H](CC[C@@H]3CC(c4cc(F)c(C#N)c(F)c4)CC[C@H]32)C1. The average molecular weight is 400 g/mol. The van der Waals surface area contributed by atoms with E-state index in [1.807, 2.05) is 0 Å². The standard InChI is InChI=1S/C26H35F2N/c1-2-3-4-5-17-6-10-22-19(12-17)7-8-20-13-18(9-11-23(20)22)21-14-25(27)24(16-29)26(28)15-21/h14-15,17-20,22-23H,2-13H2,1H3/t17-,18?,19+,20-,22+,23-/m1/s1. The largest absolute Gasteiger partial charge is 0.205 e. The van der Waals surface area contributed by atoms with Crippen molar-refractivity contribution in [2.24, 2.45) is 29.6 Å². The van der Waals surface area contributed by atoms with Gasteiger partial charge in [-0.15, -0.1) is 0 Å². The van der Waals surface area contributed by atoms with E-state index in [1.165, 1.54) is 76.3 Å². The van der Waals surface area contributed by atoms with Crippen molar-refractivity contribution in [2.75, 3.05) is 0 Å². The zero-order valence-corrected chi connectivity index (χ0v) is 17.8. The molecule has 0 radical (unpaired) electrons. The molecule has 0 aliphatic heterocycles. The van der Waals surface area contributed by atoms with Crippen molar-refractivity contribution in [3.8, 4) is 6.07 Å². The quantitative estimate of drug-likeness (QED) is 0.464. The minimum Gasteiger partial charge on any atom is -0.205 e. The first kappa shape index (κ1) is 20.8. The van der Waals surface area contributed by atoms with Crippen LogP contribution in [0.4, 0.5) is 8.78 Å². The highest BCUT2D eigenvalue weighted by atomic mass is 19.1. The summed E-state index contributed by atoms with van der Waals surface area (Å²) in [6, 6.07) is 4.47. The Morgan fingerprint density at radius 3 is 2.21 bits per heavy atom. The van der Waals surface area contributed by atoms with Crippen LogP contribution in [0, 0.1) is 52.6 Å². The second-order valence-electron chi connectivity index (χ2n) is 10.1. The van der Waals surface area contributed by atoms with E-state index in [4.69, 9.17) is 5.26 Å². The van der Waals surface area contributed by atoms with Gasteiger partial charge < -0.3 is 0 Å². The van der Waals surface area contributed by atoms with E-state index >= 15 is 0 Å². The summed E-state index contributed by atoms with van der Waals surface area (Å²) in [5.41, 5.74) is 0.317. The maximum Gasteiger partial charge on any atom is 0.144 e. The monoisotopic (exact) mass is 399 g/mol. The minimum absolute atomic E-state index is 0.245. The van der Waals surface area contributed by atoms with Gasteiger partial charge in [0.2, 0.25) is 0 Å². The Kier molecular flexibility index (Phi) is 6.57. The fourth-order valence-corrected chi connectivity index (χ4v) is 7.07. The van der Waals surface area contributed by atoms with E-state index < -0.39 is 17.2 Å². The van der Waals surface area contributed by atoms with Gasteiger partial charge in [0, 0.05) is 0 Å². The van der Waals surface area contributed by atoms with Gasteiger partial charge in [-0.3, -0.25) is 0 Å². The van der Waals surface area contributed by atoms with Gasteiger partial charge in [-0.05, 0) is 98.1 Å². The number of halogens is 2. The molecule has 0 saturated heterocycles. The molecule has 3 saturated carbocycles. The highest BCUT2D eigenvalue weighted by Gasteiger charge is 2.44. The topological polar surface area (TPSA) is 23.8 Å². The third-order valence-electron chi connectivity index (χ3n) is 8.51. The first-order valence-corrected chi connectivity index (χ1v) is 12.0. The fraction of sp³-hybridized carbons (Fsp3) is 0.731. The summed E-state index contributed by atoms with van der Waals surface area (Å²) in [6.07, 6.45) is 15.8. The lowest BCUT2D eigenvalue weighted by atomic mass is 9.54. The molecule has 3 aliphatic carbocycles. The van der Waals surface area contributed by atoms with Crippen LogP contribution in [0.3, 0.4) is 0 Å². The number of hydrogen-bond donors (Lipinski definition) is 0. The van der Waals surface area contributed by atoms with E-state index in [0.29, 0.717) is 5.92 Å². The van der Waals surface area contributed by atoms with Crippen molar-refractivity contribution >= 4 is 0 Å². The van der Waals surface area contributed by atoms with E-state index in [2.05, 4.69) is 6.92 Å². The Balaban J connectivity index is 1.38. The maximum absolute atomic E-state index is 14.1. The summed E-state index contributed by atoms with van der Waals surface area (Å²) in [7, 11) is 0. The third-order valence-corrected chi connectivity index (χ3v) is 8.51. The Bertz CT molecular complexity index is 729. The van der Waals surface area contributed by atoms with Crippen molar-refractivity contribution in [3.63, 3.8) is 0 Å². The molecule has 29 heavy (non-hydrogen) atoms. The molecule has 4 rings (SSSR count). The molecule has 3 heteroatoms. The average Bonchev–Trinajstić information content (AvgIpc) is 2.73. The number of rotatable bonds is 5. The van der Waals surface area contributed by atoms with Crippen LogP contribution in [-0.2, 0) is 0 Å². The molecule has 0 N–H and O–H groups in total. The first-order valence-electron chi connectivity index (χ1n) is 12.0. The van der Waals surface area contributed by atoms with Crippen LogP contribution >= 0.6 is 0 Å². The van der Waals surface area contributed by atoms with Crippen LogP contribution in [0.2, 0.25) is 0 Å². The number of nitriles is 1. The Morgan fingerprint density at radius 1 is 0.897 bits per heavy atom. The number of fused-ring (bicyclic) bond motifs is 3. The molecule has 0 bridgehead atoms. The van der Waals surface area contributed by atoms with Crippen molar-refractivity contribution in [2.45, 2.75) is 89.9 Å². The number of nitrogens with zero attached hydrogens (tertiary/aromatic N) is 1. The van der Waals surface area contributed by atoms with Crippen LogP contribution in [0.5, 0.6) is 0 Å². The highest BCUT2D eigenvalue weighted by molar-refractivity contribution is 5.36. The van der Waals surface area contributed by atoms with Gasteiger partial charge in [-0.1, -0.05) is 39.0 Å². The lowest BCUT2D eigenvalue weighted by molar-refractivity contribution is 0.00515. The molecule has 0 amide bonds. The van der Waals surface area contributed by atoms with Crippen LogP contribution in [0.15, 0.2) is 12.1 Å². The minimum atomic E-state index is -0.699. The van der Waals surface area contributed by atoms with E-state index in [1.54, 1.807) is 6.07 Å². The zero-order chi connectivity index (χ0) is 20.4. The third kappa shape index (κ3) is 4.37. The summed E-state index contributed by atoms with van der Waals surface area (Å²) in [5, 5.41) is 8.91. The first-order chi connectivity index (χ1) is 14.1. The van der Waals surface area contributed by atoms with Crippen LogP contribution in [0.1, 0.15) is 101 Å². The molecule has 158 valence electrons. The molecule has 6 atom stereocenters.